The van der Waals surface area contributed by atoms with Crippen molar-refractivity contribution in [3.05, 3.63) is 89.2 Å². The predicted octanol–water partition coefficient (Wildman–Crippen LogP) is 4.52. The van der Waals surface area contributed by atoms with Gasteiger partial charge in [0, 0.05) is 50.2 Å². The van der Waals surface area contributed by atoms with E-state index in [1.54, 1.807) is 55.6 Å². The molecule has 0 spiro atoms. The van der Waals surface area contributed by atoms with E-state index in [9.17, 15) is 12.8 Å². The van der Waals surface area contributed by atoms with E-state index in [1.807, 2.05) is 13.0 Å². The van der Waals surface area contributed by atoms with Gasteiger partial charge in [0.05, 0.1) is 10.6 Å². The SMILES string of the molecule is Cc1cc(CN2CCC(NS(=O)(=O)c3ccc(CNc4nccc(Nc5ccc(F)c(C)c5)n4)cc3)CC2)no1. The highest BCUT2D eigenvalue weighted by atomic mass is 32.2. The summed E-state index contributed by atoms with van der Waals surface area (Å²) in [4.78, 5) is 11.2. The summed E-state index contributed by atoms with van der Waals surface area (Å²) in [6.45, 7) is 6.25. The second-order valence-electron chi connectivity index (χ2n) is 9.95. The summed E-state index contributed by atoms with van der Waals surface area (Å²) in [5.41, 5.74) is 3.03. The van der Waals surface area contributed by atoms with Gasteiger partial charge in [-0.15, -0.1) is 0 Å². The van der Waals surface area contributed by atoms with Crippen molar-refractivity contribution in [3.8, 4) is 0 Å². The van der Waals surface area contributed by atoms with Gasteiger partial charge in [0.1, 0.15) is 17.4 Å². The number of nitrogens with one attached hydrogen (secondary N) is 3. The Morgan fingerprint density at radius 1 is 1.05 bits per heavy atom. The quantitative estimate of drug-likeness (QED) is 0.254. The number of benzene rings is 2. The Bertz CT molecular complexity index is 1550. The Labute approximate surface area is 233 Å². The first kappa shape index (κ1) is 27.7. The largest absolute Gasteiger partial charge is 0.361 e. The Morgan fingerprint density at radius 2 is 1.82 bits per heavy atom. The van der Waals surface area contributed by atoms with E-state index >= 15 is 0 Å². The van der Waals surface area contributed by atoms with E-state index < -0.39 is 10.0 Å². The normalized spacial score (nSPS) is 14.8. The van der Waals surface area contributed by atoms with Crippen LogP contribution in [0.3, 0.4) is 0 Å². The molecule has 0 radical (unpaired) electrons. The fraction of sp³-hybridized carbons (Fsp3) is 0.321. The first-order valence-electron chi connectivity index (χ1n) is 13.1. The monoisotopic (exact) mass is 565 g/mol. The fourth-order valence-corrected chi connectivity index (χ4v) is 5.87. The molecule has 0 aliphatic carbocycles. The number of anilines is 3. The number of rotatable bonds is 10. The molecule has 5 rings (SSSR count). The number of aryl methyl sites for hydroxylation is 2. The number of hydrogen-bond donors (Lipinski definition) is 3. The number of nitrogens with zero attached hydrogens (tertiary/aromatic N) is 4. The molecule has 4 aromatic rings. The van der Waals surface area contributed by atoms with Crippen molar-refractivity contribution in [2.45, 2.75) is 50.7 Å². The summed E-state index contributed by atoms with van der Waals surface area (Å²) in [7, 11) is -3.63. The minimum atomic E-state index is -3.63. The van der Waals surface area contributed by atoms with Crippen molar-refractivity contribution in [3.63, 3.8) is 0 Å². The molecule has 1 fully saturated rings. The highest BCUT2D eigenvalue weighted by Gasteiger charge is 2.25. The Hall–Kier alpha value is -3.87. The Morgan fingerprint density at radius 3 is 2.52 bits per heavy atom. The molecule has 3 N–H and O–H groups in total. The van der Waals surface area contributed by atoms with Crippen molar-refractivity contribution in [2.75, 3.05) is 23.7 Å². The van der Waals surface area contributed by atoms with Crippen LogP contribution < -0.4 is 15.4 Å². The van der Waals surface area contributed by atoms with E-state index in [4.69, 9.17) is 4.52 Å². The zero-order valence-electron chi connectivity index (χ0n) is 22.4. The van der Waals surface area contributed by atoms with Crippen molar-refractivity contribution < 1.29 is 17.3 Å². The maximum atomic E-state index is 13.5. The highest BCUT2D eigenvalue weighted by Crippen LogP contribution is 2.20. The summed E-state index contributed by atoms with van der Waals surface area (Å²) in [6.07, 6.45) is 3.08. The zero-order valence-corrected chi connectivity index (χ0v) is 23.2. The molecule has 2 aromatic heterocycles. The molecule has 0 bridgehead atoms. The van der Waals surface area contributed by atoms with E-state index in [2.05, 4.69) is 35.4 Å². The molecular weight excluding hydrogens is 533 g/mol. The maximum absolute atomic E-state index is 13.5. The van der Waals surface area contributed by atoms with Gasteiger partial charge in [0.2, 0.25) is 16.0 Å². The minimum Gasteiger partial charge on any atom is -0.361 e. The third-order valence-corrected chi connectivity index (χ3v) is 8.28. The molecule has 12 heteroatoms. The van der Waals surface area contributed by atoms with E-state index in [-0.39, 0.29) is 16.8 Å². The van der Waals surface area contributed by atoms with Crippen LogP contribution in [-0.2, 0) is 23.1 Å². The number of hydrogen-bond acceptors (Lipinski definition) is 9. The molecule has 10 nitrogen and oxygen atoms in total. The third-order valence-electron chi connectivity index (χ3n) is 6.74. The van der Waals surface area contributed by atoms with Crippen molar-refractivity contribution in [1.29, 1.82) is 0 Å². The van der Waals surface area contributed by atoms with Gasteiger partial charge < -0.3 is 15.2 Å². The molecular formula is C28H32FN7O3S. The number of piperidine rings is 1. The lowest BCUT2D eigenvalue weighted by atomic mass is 10.1. The lowest BCUT2D eigenvalue weighted by Crippen LogP contribution is -2.44. The minimum absolute atomic E-state index is 0.113. The summed E-state index contributed by atoms with van der Waals surface area (Å²) in [5.74, 6) is 1.50. The van der Waals surface area contributed by atoms with Crippen LogP contribution in [0.1, 0.15) is 35.4 Å². The van der Waals surface area contributed by atoms with E-state index in [0.717, 1.165) is 48.6 Å². The molecule has 1 saturated heterocycles. The molecule has 0 atom stereocenters. The second kappa shape index (κ2) is 12.1. The van der Waals surface area contributed by atoms with Crippen molar-refractivity contribution in [1.82, 2.24) is 24.7 Å². The van der Waals surface area contributed by atoms with Crippen LogP contribution in [0, 0.1) is 19.7 Å². The van der Waals surface area contributed by atoms with Gasteiger partial charge in [0.15, 0.2) is 0 Å². The van der Waals surface area contributed by atoms with Gasteiger partial charge in [-0.1, -0.05) is 17.3 Å². The third kappa shape index (κ3) is 7.20. The van der Waals surface area contributed by atoms with Crippen LogP contribution in [0.4, 0.5) is 21.8 Å². The molecule has 1 aliphatic heterocycles. The lowest BCUT2D eigenvalue weighted by molar-refractivity contribution is 0.195. The van der Waals surface area contributed by atoms with E-state index in [0.29, 0.717) is 30.4 Å². The molecule has 0 amide bonds. The first-order chi connectivity index (χ1) is 19.2. The average molecular weight is 566 g/mol. The highest BCUT2D eigenvalue weighted by molar-refractivity contribution is 7.89. The molecule has 0 saturated carbocycles. The molecule has 0 unspecified atom stereocenters. The smallest absolute Gasteiger partial charge is 0.240 e. The molecule has 40 heavy (non-hydrogen) atoms. The topological polar surface area (TPSA) is 125 Å². The summed E-state index contributed by atoms with van der Waals surface area (Å²) in [6, 6.07) is 15.0. The maximum Gasteiger partial charge on any atom is 0.240 e. The van der Waals surface area contributed by atoms with Gasteiger partial charge in [0.25, 0.3) is 0 Å². The van der Waals surface area contributed by atoms with Crippen molar-refractivity contribution >= 4 is 27.5 Å². The van der Waals surface area contributed by atoms with Crippen LogP contribution in [0.15, 0.2) is 70.2 Å². The lowest BCUT2D eigenvalue weighted by Gasteiger charge is -2.31. The number of aromatic nitrogens is 3. The average Bonchev–Trinajstić information content (AvgIpc) is 3.35. The molecule has 2 aromatic carbocycles. The van der Waals surface area contributed by atoms with Crippen LogP contribution >= 0.6 is 0 Å². The predicted molar refractivity (Wildman–Crippen MR) is 150 cm³/mol. The van der Waals surface area contributed by atoms with Crippen LogP contribution in [-0.4, -0.2) is 47.6 Å². The van der Waals surface area contributed by atoms with Crippen LogP contribution in [0.25, 0.3) is 0 Å². The van der Waals surface area contributed by atoms with E-state index in [1.165, 1.54) is 6.07 Å². The summed E-state index contributed by atoms with van der Waals surface area (Å²) in [5, 5.41) is 10.3. The van der Waals surface area contributed by atoms with Gasteiger partial charge >= 0.3 is 0 Å². The number of likely N-dealkylation sites (tertiary alicyclic amines) is 1. The van der Waals surface area contributed by atoms with Crippen molar-refractivity contribution in [2.24, 2.45) is 0 Å². The van der Waals surface area contributed by atoms with Gasteiger partial charge in [-0.2, -0.15) is 4.98 Å². The van der Waals surface area contributed by atoms with Gasteiger partial charge in [-0.05, 0) is 74.2 Å². The Balaban J connectivity index is 1.11. The van der Waals surface area contributed by atoms with Gasteiger partial charge in [-0.25, -0.2) is 22.5 Å². The standard InChI is InChI=1S/C28H32FN7O3S/c1-19-15-23(5-8-26(19)29)32-27-9-12-30-28(33-27)31-17-21-3-6-25(7-4-21)40(37,38)35-22-10-13-36(14-11-22)18-24-16-20(2)39-34-24/h3-9,12,15-16,22,35H,10-11,13-14,17-18H2,1-2H3,(H2,30,31,32,33). The molecule has 1 aliphatic rings. The number of halogens is 1. The number of sulfonamides is 1. The summed E-state index contributed by atoms with van der Waals surface area (Å²) < 4.78 is 47.5. The molecule has 210 valence electrons. The van der Waals surface area contributed by atoms with Crippen LogP contribution in [0.2, 0.25) is 0 Å². The zero-order chi connectivity index (χ0) is 28.1. The first-order valence-corrected chi connectivity index (χ1v) is 14.6. The van der Waals surface area contributed by atoms with Gasteiger partial charge in [-0.3, -0.25) is 4.90 Å². The second-order valence-corrected chi connectivity index (χ2v) is 11.7. The fourth-order valence-electron chi connectivity index (χ4n) is 4.57. The summed E-state index contributed by atoms with van der Waals surface area (Å²) >= 11 is 0. The molecule has 3 heterocycles. The Kier molecular flexibility index (Phi) is 8.38. The van der Waals surface area contributed by atoms with Crippen LogP contribution in [0.5, 0.6) is 0 Å².